The fraction of sp³-hybridized carbons (Fsp3) is 0.321. The fourth-order valence-electron chi connectivity index (χ4n) is 4.54. The number of rotatable bonds is 9. The van der Waals surface area contributed by atoms with E-state index < -0.39 is 0 Å². The summed E-state index contributed by atoms with van der Waals surface area (Å²) in [6, 6.07) is 16.2. The van der Waals surface area contributed by atoms with Crippen LogP contribution in [0.2, 0.25) is 0 Å². The molecule has 35 heavy (non-hydrogen) atoms. The van der Waals surface area contributed by atoms with Gasteiger partial charge >= 0.3 is 5.97 Å². The van der Waals surface area contributed by atoms with Crippen LogP contribution in [0.3, 0.4) is 0 Å². The van der Waals surface area contributed by atoms with Crippen LogP contribution in [0.1, 0.15) is 44.5 Å². The molecule has 0 atom stereocenters. The molecule has 0 saturated carbocycles. The number of para-hydroxylation sites is 2. The second-order valence-electron chi connectivity index (χ2n) is 8.75. The maximum absolute atomic E-state index is 12.5. The van der Waals surface area contributed by atoms with Crippen LogP contribution in [0, 0.1) is 0 Å². The topological polar surface area (TPSA) is 70.7 Å². The number of ether oxygens (including phenoxy) is 2. The molecule has 0 spiro atoms. The van der Waals surface area contributed by atoms with Crippen molar-refractivity contribution in [2.75, 3.05) is 7.11 Å². The minimum absolute atomic E-state index is 0.242. The summed E-state index contributed by atoms with van der Waals surface area (Å²) in [4.78, 5) is 22.6. The van der Waals surface area contributed by atoms with Gasteiger partial charge in [0.2, 0.25) is 0 Å². The Morgan fingerprint density at radius 1 is 0.943 bits per heavy atom. The molecule has 0 saturated heterocycles. The Labute approximate surface area is 204 Å². The van der Waals surface area contributed by atoms with Gasteiger partial charge in [0.15, 0.2) is 11.4 Å². The number of benzene rings is 2. The molecule has 0 fully saturated rings. The summed E-state index contributed by atoms with van der Waals surface area (Å²) >= 11 is 0. The summed E-state index contributed by atoms with van der Waals surface area (Å²) in [6.45, 7) is 4.82. The largest absolute Gasteiger partial charge is 0.497 e. The molecule has 5 rings (SSSR count). The second-order valence-corrected chi connectivity index (χ2v) is 8.75. The molecule has 2 aromatic carbocycles. The van der Waals surface area contributed by atoms with Crippen LogP contribution >= 0.6 is 0 Å². The average Bonchev–Trinajstić information content (AvgIpc) is 3.42. The molecule has 0 radical (unpaired) electrons. The van der Waals surface area contributed by atoms with Crippen LogP contribution in [-0.4, -0.2) is 32.0 Å². The van der Waals surface area contributed by atoms with Crippen LogP contribution < -0.4 is 9.47 Å². The van der Waals surface area contributed by atoms with Gasteiger partial charge in [0.1, 0.15) is 22.6 Å². The van der Waals surface area contributed by atoms with Gasteiger partial charge in [-0.1, -0.05) is 38.1 Å². The first kappa shape index (κ1) is 22.9. The first-order valence-corrected chi connectivity index (χ1v) is 12.3. The fourth-order valence-corrected chi connectivity index (χ4v) is 4.54. The number of carbonyl (C=O) groups is 1. The Bertz CT molecular complexity index is 1500. The number of imidazole rings is 1. The molecule has 7 nitrogen and oxygen atoms in total. The van der Waals surface area contributed by atoms with Gasteiger partial charge in [-0.05, 0) is 49.1 Å². The number of hydrogen-bond donors (Lipinski definition) is 0. The second kappa shape index (κ2) is 9.78. The number of hydrogen-bond acceptors (Lipinski definition) is 5. The van der Waals surface area contributed by atoms with E-state index in [1.807, 2.05) is 43.5 Å². The van der Waals surface area contributed by atoms with E-state index in [1.165, 1.54) is 5.56 Å². The van der Waals surface area contributed by atoms with E-state index in [-0.39, 0.29) is 5.97 Å². The van der Waals surface area contributed by atoms with Crippen LogP contribution in [0.25, 0.3) is 27.7 Å². The van der Waals surface area contributed by atoms with Crippen molar-refractivity contribution in [3.05, 3.63) is 66.1 Å². The molecule has 0 amide bonds. The molecule has 0 unspecified atom stereocenters. The zero-order valence-electron chi connectivity index (χ0n) is 20.5. The minimum Gasteiger partial charge on any atom is -0.497 e. The average molecular weight is 471 g/mol. The van der Waals surface area contributed by atoms with Crippen molar-refractivity contribution in [3.63, 3.8) is 0 Å². The van der Waals surface area contributed by atoms with Gasteiger partial charge in [0.05, 0.1) is 18.1 Å². The zero-order valence-corrected chi connectivity index (χ0v) is 20.5. The SMILES string of the molecule is CCCC(=O)Oc1cn(CCc2ccc(OC)cc2)c2nc(CCC)n3c4ccccc4nc3c12. The Hall–Kier alpha value is -3.87. The lowest BCUT2D eigenvalue weighted by molar-refractivity contribution is -0.134. The number of fused-ring (bicyclic) bond motifs is 5. The third kappa shape index (κ3) is 4.34. The maximum atomic E-state index is 12.5. The predicted molar refractivity (Wildman–Crippen MR) is 137 cm³/mol. The number of esters is 1. The van der Waals surface area contributed by atoms with E-state index >= 15 is 0 Å². The van der Waals surface area contributed by atoms with Gasteiger partial charge < -0.3 is 14.0 Å². The standard InChI is InChI=1S/C28H30N4O3/c1-4-8-24-30-27-26(28-29-21-10-6-7-11-22(21)32(24)28)23(35-25(33)9-5-2)18-31(27)17-16-19-12-14-20(34-3)15-13-19/h6-7,10-15,18H,4-5,8-9,16-17H2,1-3H3. The number of nitrogens with zero attached hydrogens (tertiary/aromatic N) is 4. The van der Waals surface area contributed by atoms with E-state index in [2.05, 4.69) is 34.1 Å². The van der Waals surface area contributed by atoms with E-state index in [9.17, 15) is 4.79 Å². The summed E-state index contributed by atoms with van der Waals surface area (Å²) in [6.07, 6.45) is 5.60. The smallest absolute Gasteiger partial charge is 0.311 e. The first-order chi connectivity index (χ1) is 17.1. The third-order valence-corrected chi connectivity index (χ3v) is 6.24. The van der Waals surface area contributed by atoms with Gasteiger partial charge in [-0.2, -0.15) is 0 Å². The normalized spacial score (nSPS) is 11.5. The monoisotopic (exact) mass is 470 g/mol. The van der Waals surface area contributed by atoms with Gasteiger partial charge in [0, 0.05) is 25.6 Å². The number of aryl methyl sites for hydroxylation is 3. The number of aromatic nitrogens is 4. The highest BCUT2D eigenvalue weighted by Crippen LogP contribution is 2.34. The molecule has 0 aliphatic carbocycles. The highest BCUT2D eigenvalue weighted by Gasteiger charge is 2.22. The van der Waals surface area contributed by atoms with Crippen molar-refractivity contribution in [2.24, 2.45) is 0 Å². The van der Waals surface area contributed by atoms with E-state index in [1.54, 1.807) is 7.11 Å². The van der Waals surface area contributed by atoms with Crippen molar-refractivity contribution in [1.29, 1.82) is 0 Å². The van der Waals surface area contributed by atoms with Crippen molar-refractivity contribution in [1.82, 2.24) is 18.9 Å². The van der Waals surface area contributed by atoms with Gasteiger partial charge in [-0.25, -0.2) is 9.97 Å². The lowest BCUT2D eigenvalue weighted by atomic mass is 10.1. The van der Waals surface area contributed by atoms with Crippen molar-refractivity contribution < 1.29 is 14.3 Å². The van der Waals surface area contributed by atoms with Crippen molar-refractivity contribution >= 4 is 33.7 Å². The number of carbonyl (C=O) groups excluding carboxylic acids is 1. The Morgan fingerprint density at radius 3 is 2.49 bits per heavy atom. The van der Waals surface area contributed by atoms with E-state index in [0.717, 1.165) is 65.0 Å². The van der Waals surface area contributed by atoms with Crippen LogP contribution in [0.15, 0.2) is 54.7 Å². The summed E-state index contributed by atoms with van der Waals surface area (Å²) < 4.78 is 15.4. The predicted octanol–water partition coefficient (Wildman–Crippen LogP) is 5.75. The molecule has 7 heteroatoms. The van der Waals surface area contributed by atoms with E-state index in [0.29, 0.717) is 18.7 Å². The molecule has 180 valence electrons. The van der Waals surface area contributed by atoms with Gasteiger partial charge in [-0.3, -0.25) is 9.20 Å². The molecule has 0 aliphatic rings. The Balaban J connectivity index is 1.66. The lowest BCUT2D eigenvalue weighted by Crippen LogP contribution is -2.07. The molecule has 0 N–H and O–H groups in total. The zero-order chi connectivity index (χ0) is 24.4. The Kier molecular flexibility index (Phi) is 6.40. The van der Waals surface area contributed by atoms with E-state index in [4.69, 9.17) is 19.4 Å². The Morgan fingerprint density at radius 2 is 1.74 bits per heavy atom. The van der Waals surface area contributed by atoms with Crippen LogP contribution in [-0.2, 0) is 24.2 Å². The maximum Gasteiger partial charge on any atom is 0.311 e. The molecular formula is C28H30N4O3. The van der Waals surface area contributed by atoms with Crippen LogP contribution in [0.5, 0.6) is 11.5 Å². The van der Waals surface area contributed by atoms with Crippen molar-refractivity contribution in [2.45, 2.75) is 52.5 Å². The molecule has 5 aromatic rings. The van der Waals surface area contributed by atoms with Gasteiger partial charge in [-0.15, -0.1) is 0 Å². The summed E-state index contributed by atoms with van der Waals surface area (Å²) in [5.74, 6) is 2.07. The summed E-state index contributed by atoms with van der Waals surface area (Å²) in [7, 11) is 1.67. The number of methoxy groups -OCH3 is 1. The van der Waals surface area contributed by atoms with Gasteiger partial charge in [0.25, 0.3) is 0 Å². The highest BCUT2D eigenvalue weighted by atomic mass is 16.5. The summed E-state index contributed by atoms with van der Waals surface area (Å²) in [5.41, 5.74) is 4.68. The summed E-state index contributed by atoms with van der Waals surface area (Å²) in [5, 5.41) is 0.778. The minimum atomic E-state index is -0.242. The first-order valence-electron chi connectivity index (χ1n) is 12.3. The molecule has 3 heterocycles. The molecule has 0 bridgehead atoms. The third-order valence-electron chi connectivity index (χ3n) is 6.24. The highest BCUT2D eigenvalue weighted by molar-refractivity contribution is 6.00. The molecule has 0 aliphatic heterocycles. The van der Waals surface area contributed by atoms with Crippen molar-refractivity contribution in [3.8, 4) is 11.5 Å². The quantitative estimate of drug-likeness (QED) is 0.257. The molecular weight excluding hydrogens is 440 g/mol. The molecule has 3 aromatic heterocycles. The van der Waals surface area contributed by atoms with Crippen LogP contribution in [0.4, 0.5) is 0 Å². The lowest BCUT2D eigenvalue weighted by Gasteiger charge is -2.09.